The highest BCUT2D eigenvalue weighted by Gasteiger charge is 2.12. The molecule has 1 heterocycles. The minimum atomic E-state index is -0.958. The van der Waals surface area contributed by atoms with Crippen molar-refractivity contribution in [3.05, 3.63) is 77.7 Å². The number of hydrogen-bond acceptors (Lipinski definition) is 2. The van der Waals surface area contributed by atoms with Gasteiger partial charge in [0, 0.05) is 16.8 Å². The van der Waals surface area contributed by atoms with E-state index in [1.165, 1.54) is 12.1 Å². The van der Waals surface area contributed by atoms with Crippen LogP contribution in [0.5, 0.6) is 0 Å². The molecule has 26 heavy (non-hydrogen) atoms. The van der Waals surface area contributed by atoms with Gasteiger partial charge in [-0.05, 0) is 48.7 Å². The third-order valence-corrected chi connectivity index (χ3v) is 4.30. The second-order valence-electron chi connectivity index (χ2n) is 6.19. The lowest BCUT2D eigenvalue weighted by atomic mass is 9.97. The number of carboxylic acid groups (broad SMARTS) is 1. The number of hydrogen-bond donors (Lipinski definition) is 1. The second kappa shape index (κ2) is 7.91. The maximum atomic E-state index is 13.3. The zero-order valence-corrected chi connectivity index (χ0v) is 14.6. The first-order chi connectivity index (χ1) is 12.6. The fourth-order valence-electron chi connectivity index (χ4n) is 2.85. The average Bonchev–Trinajstić information content (AvgIpc) is 2.67. The molecule has 0 unspecified atom stereocenters. The van der Waals surface area contributed by atoms with Crippen molar-refractivity contribution in [2.45, 2.75) is 26.2 Å². The maximum absolute atomic E-state index is 13.3. The van der Waals surface area contributed by atoms with Gasteiger partial charge in [0.05, 0.1) is 11.3 Å². The van der Waals surface area contributed by atoms with Gasteiger partial charge in [-0.15, -0.1) is 0 Å². The van der Waals surface area contributed by atoms with Gasteiger partial charge in [0.2, 0.25) is 0 Å². The van der Waals surface area contributed by atoms with Crippen LogP contribution in [0.1, 0.15) is 35.8 Å². The third-order valence-electron chi connectivity index (χ3n) is 4.30. The first-order valence-electron chi connectivity index (χ1n) is 8.68. The lowest BCUT2D eigenvalue weighted by Gasteiger charge is -2.12. The van der Waals surface area contributed by atoms with Gasteiger partial charge >= 0.3 is 5.97 Å². The molecule has 0 aliphatic heterocycles. The first kappa shape index (κ1) is 17.8. The summed E-state index contributed by atoms with van der Waals surface area (Å²) in [5.74, 6) is -1.24. The van der Waals surface area contributed by atoms with Crippen LogP contribution in [0.15, 0.2) is 60.7 Å². The van der Waals surface area contributed by atoms with Crippen molar-refractivity contribution < 1.29 is 14.3 Å². The van der Waals surface area contributed by atoms with Gasteiger partial charge in [0.1, 0.15) is 5.82 Å². The molecular formula is C22H20FNO2. The molecule has 3 rings (SSSR count). The second-order valence-corrected chi connectivity index (χ2v) is 6.19. The van der Waals surface area contributed by atoms with Crippen molar-refractivity contribution in [1.82, 2.24) is 4.98 Å². The summed E-state index contributed by atoms with van der Waals surface area (Å²) < 4.78 is 13.3. The SMILES string of the molecule is CCCCc1ccc(-c2ccc(F)cc2)c(-c2ccc(C(=O)O)cc2)n1. The van der Waals surface area contributed by atoms with Gasteiger partial charge in [-0.3, -0.25) is 4.98 Å². The van der Waals surface area contributed by atoms with E-state index in [1.807, 2.05) is 12.1 Å². The number of nitrogens with zero attached hydrogens (tertiary/aromatic N) is 1. The molecule has 4 heteroatoms. The molecule has 2 aromatic carbocycles. The van der Waals surface area contributed by atoms with E-state index in [1.54, 1.807) is 36.4 Å². The molecule has 0 spiro atoms. The summed E-state index contributed by atoms with van der Waals surface area (Å²) >= 11 is 0. The summed E-state index contributed by atoms with van der Waals surface area (Å²) in [6, 6.07) is 17.0. The standard InChI is InChI=1S/C22H20FNO2/c1-2-3-4-19-13-14-20(15-9-11-18(23)12-10-15)21(24-19)16-5-7-17(8-6-16)22(25)26/h5-14H,2-4H2,1H3,(H,25,26). The normalized spacial score (nSPS) is 10.7. The molecule has 0 bridgehead atoms. The highest BCUT2D eigenvalue weighted by molar-refractivity contribution is 5.89. The molecule has 1 N–H and O–H groups in total. The number of aromatic carboxylic acids is 1. The smallest absolute Gasteiger partial charge is 0.335 e. The molecule has 3 aromatic rings. The van der Waals surface area contributed by atoms with Gasteiger partial charge in [0.15, 0.2) is 0 Å². The molecule has 1 aromatic heterocycles. The molecule has 0 aliphatic rings. The monoisotopic (exact) mass is 349 g/mol. The molecule has 0 saturated carbocycles. The van der Waals surface area contributed by atoms with E-state index in [0.29, 0.717) is 0 Å². The van der Waals surface area contributed by atoms with Gasteiger partial charge in [-0.1, -0.05) is 43.7 Å². The van der Waals surface area contributed by atoms with E-state index in [0.717, 1.165) is 47.3 Å². The molecule has 132 valence electrons. The summed E-state index contributed by atoms with van der Waals surface area (Å²) in [5.41, 5.74) is 4.62. The minimum Gasteiger partial charge on any atom is -0.478 e. The molecule has 0 saturated heterocycles. The molecular weight excluding hydrogens is 329 g/mol. The summed E-state index contributed by atoms with van der Waals surface area (Å²) in [6.07, 6.45) is 3.03. The Bertz CT molecular complexity index is 902. The molecule has 0 radical (unpaired) electrons. The number of carboxylic acids is 1. The fraction of sp³-hybridized carbons (Fsp3) is 0.182. The van der Waals surface area contributed by atoms with E-state index >= 15 is 0 Å². The van der Waals surface area contributed by atoms with Crippen molar-refractivity contribution in [2.75, 3.05) is 0 Å². The molecule has 0 aliphatic carbocycles. The van der Waals surface area contributed by atoms with Crippen LogP contribution in [0.3, 0.4) is 0 Å². The Morgan fingerprint density at radius 1 is 0.962 bits per heavy atom. The van der Waals surface area contributed by atoms with Gasteiger partial charge in [-0.25, -0.2) is 9.18 Å². The van der Waals surface area contributed by atoms with E-state index in [-0.39, 0.29) is 11.4 Å². The average molecular weight is 349 g/mol. The number of benzene rings is 2. The van der Waals surface area contributed by atoms with Crippen LogP contribution in [0.2, 0.25) is 0 Å². The Labute approximate surface area is 152 Å². The topological polar surface area (TPSA) is 50.2 Å². The van der Waals surface area contributed by atoms with Gasteiger partial charge in [-0.2, -0.15) is 0 Å². The predicted octanol–water partition coefficient (Wildman–Crippen LogP) is 5.60. The van der Waals surface area contributed by atoms with Crippen molar-refractivity contribution in [3.63, 3.8) is 0 Å². The summed E-state index contributed by atoms with van der Waals surface area (Å²) in [5, 5.41) is 9.09. The Balaban J connectivity index is 2.08. The van der Waals surface area contributed by atoms with Crippen LogP contribution in [-0.2, 0) is 6.42 Å². The zero-order chi connectivity index (χ0) is 18.5. The van der Waals surface area contributed by atoms with Crippen molar-refractivity contribution in [1.29, 1.82) is 0 Å². The summed E-state index contributed by atoms with van der Waals surface area (Å²) in [4.78, 5) is 15.9. The molecule has 0 amide bonds. The number of halogens is 1. The quantitative estimate of drug-likeness (QED) is 0.630. The highest BCUT2D eigenvalue weighted by Crippen LogP contribution is 2.31. The van der Waals surface area contributed by atoms with E-state index in [9.17, 15) is 9.18 Å². The number of unbranched alkanes of at least 4 members (excludes halogenated alkanes) is 1. The first-order valence-corrected chi connectivity index (χ1v) is 8.68. The number of aromatic nitrogens is 1. The fourth-order valence-corrected chi connectivity index (χ4v) is 2.85. The van der Waals surface area contributed by atoms with Gasteiger partial charge < -0.3 is 5.11 Å². The van der Waals surface area contributed by atoms with E-state index in [4.69, 9.17) is 10.1 Å². The Morgan fingerprint density at radius 3 is 2.23 bits per heavy atom. The van der Waals surface area contributed by atoms with Crippen LogP contribution >= 0.6 is 0 Å². The molecule has 0 atom stereocenters. The van der Waals surface area contributed by atoms with Crippen molar-refractivity contribution in [2.24, 2.45) is 0 Å². The highest BCUT2D eigenvalue weighted by atomic mass is 19.1. The summed E-state index contributed by atoms with van der Waals surface area (Å²) in [7, 11) is 0. The molecule has 3 nitrogen and oxygen atoms in total. The van der Waals surface area contributed by atoms with E-state index < -0.39 is 5.97 Å². The summed E-state index contributed by atoms with van der Waals surface area (Å²) in [6.45, 7) is 2.14. The number of rotatable bonds is 6. The minimum absolute atomic E-state index is 0.235. The third kappa shape index (κ3) is 3.97. The van der Waals surface area contributed by atoms with Crippen LogP contribution < -0.4 is 0 Å². The number of aryl methyl sites for hydroxylation is 1. The predicted molar refractivity (Wildman–Crippen MR) is 101 cm³/mol. The largest absolute Gasteiger partial charge is 0.478 e. The Hall–Kier alpha value is -3.01. The van der Waals surface area contributed by atoms with Crippen molar-refractivity contribution >= 4 is 5.97 Å². The van der Waals surface area contributed by atoms with Crippen LogP contribution in [0.4, 0.5) is 4.39 Å². The lowest BCUT2D eigenvalue weighted by molar-refractivity contribution is 0.0697. The van der Waals surface area contributed by atoms with Crippen molar-refractivity contribution in [3.8, 4) is 22.4 Å². The number of pyridine rings is 1. The Morgan fingerprint density at radius 2 is 1.62 bits per heavy atom. The van der Waals surface area contributed by atoms with Crippen LogP contribution in [-0.4, -0.2) is 16.1 Å². The van der Waals surface area contributed by atoms with Crippen LogP contribution in [0, 0.1) is 5.82 Å². The maximum Gasteiger partial charge on any atom is 0.335 e. The van der Waals surface area contributed by atoms with E-state index in [2.05, 4.69) is 6.92 Å². The number of carbonyl (C=O) groups is 1. The Kier molecular flexibility index (Phi) is 5.42. The van der Waals surface area contributed by atoms with Gasteiger partial charge in [0.25, 0.3) is 0 Å². The lowest BCUT2D eigenvalue weighted by Crippen LogP contribution is -1.98. The zero-order valence-electron chi connectivity index (χ0n) is 14.6. The molecule has 0 fully saturated rings. The van der Waals surface area contributed by atoms with Crippen LogP contribution in [0.25, 0.3) is 22.4 Å².